The summed E-state index contributed by atoms with van der Waals surface area (Å²) < 4.78 is 0. The van der Waals surface area contributed by atoms with Crippen LogP contribution in [-0.4, -0.2) is 18.0 Å². The second kappa shape index (κ2) is 1.73. The molecular weight excluding hydrogens is 96.0 g/mol. The molecule has 1 aliphatic heterocycles. The van der Waals surface area contributed by atoms with E-state index in [-0.39, 0.29) is 6.29 Å². The highest BCUT2D eigenvalue weighted by Crippen LogP contribution is 1.87. The Morgan fingerprint density at radius 3 is 2.71 bits per heavy atom. The molecule has 5 nitrogen and oxygen atoms in total. The van der Waals surface area contributed by atoms with Crippen LogP contribution in [0.25, 0.3) is 0 Å². The first-order valence-electron chi connectivity index (χ1n) is 1.95. The van der Waals surface area contributed by atoms with Crippen molar-refractivity contribution in [2.24, 2.45) is 11.6 Å². The molecule has 0 aromatic carbocycles. The molecule has 7 heavy (non-hydrogen) atoms. The minimum Gasteiger partial charge on any atom is -0.301 e. The van der Waals surface area contributed by atoms with E-state index in [0.717, 1.165) is 0 Å². The lowest BCUT2D eigenvalue weighted by molar-refractivity contribution is 0.0765. The number of hydroxylamine groups is 1. The molecule has 0 aromatic heterocycles. The molecule has 0 amide bonds. The van der Waals surface area contributed by atoms with Crippen LogP contribution in [0, 0.1) is 0 Å². The number of nitrogens with two attached hydrogens (primary N) is 2. The fraction of sp³-hybridized carbons (Fsp3) is 1.00. The van der Waals surface area contributed by atoms with Crippen LogP contribution >= 0.6 is 0 Å². The molecule has 1 fully saturated rings. The summed E-state index contributed by atoms with van der Waals surface area (Å²) in [4.78, 5) is 4.59. The van der Waals surface area contributed by atoms with Gasteiger partial charge in [-0.3, -0.25) is 10.7 Å². The summed E-state index contributed by atoms with van der Waals surface area (Å²) in [5.74, 6) is 5.20. The second-order valence-corrected chi connectivity index (χ2v) is 1.35. The van der Waals surface area contributed by atoms with Crippen LogP contribution in [0.1, 0.15) is 0 Å². The fourth-order valence-corrected chi connectivity index (χ4v) is 0.345. The van der Waals surface area contributed by atoms with Crippen molar-refractivity contribution in [1.29, 1.82) is 0 Å². The Morgan fingerprint density at radius 1 is 1.86 bits per heavy atom. The van der Waals surface area contributed by atoms with E-state index in [9.17, 15) is 0 Å². The van der Waals surface area contributed by atoms with Gasteiger partial charge in [0.15, 0.2) is 0 Å². The van der Waals surface area contributed by atoms with Gasteiger partial charge in [-0.05, 0) is 0 Å². The second-order valence-electron chi connectivity index (χ2n) is 1.35. The van der Waals surface area contributed by atoms with E-state index >= 15 is 0 Å². The van der Waals surface area contributed by atoms with Crippen LogP contribution in [0.4, 0.5) is 0 Å². The van der Waals surface area contributed by atoms with Crippen LogP contribution in [0.3, 0.4) is 0 Å². The summed E-state index contributed by atoms with van der Waals surface area (Å²) in [5.41, 5.74) is 7.69. The number of rotatable bonds is 0. The molecule has 0 bridgehead atoms. The van der Waals surface area contributed by atoms with Crippen molar-refractivity contribution in [1.82, 2.24) is 10.5 Å². The lowest BCUT2D eigenvalue weighted by Gasteiger charge is -2.07. The molecule has 0 radical (unpaired) electrons. The summed E-state index contributed by atoms with van der Waals surface area (Å²) in [5, 5.41) is 1.35. The number of hydrazine groups is 1. The van der Waals surface area contributed by atoms with Crippen molar-refractivity contribution >= 4 is 0 Å². The molecule has 0 aromatic rings. The molecule has 1 saturated heterocycles. The van der Waals surface area contributed by atoms with Crippen molar-refractivity contribution in [2.45, 2.75) is 6.29 Å². The van der Waals surface area contributed by atoms with E-state index in [1.54, 1.807) is 0 Å². The molecule has 0 aliphatic carbocycles. The summed E-state index contributed by atoms with van der Waals surface area (Å²) in [6, 6.07) is 0. The van der Waals surface area contributed by atoms with Gasteiger partial charge < -0.3 is 5.73 Å². The first-order chi connectivity index (χ1) is 3.30. The van der Waals surface area contributed by atoms with Gasteiger partial charge in [-0.25, -0.2) is 0 Å². The molecule has 42 valence electrons. The van der Waals surface area contributed by atoms with Gasteiger partial charge in [0, 0.05) is 0 Å². The molecule has 1 rings (SSSR count). The Morgan fingerprint density at radius 2 is 2.57 bits per heavy atom. The maximum atomic E-state index is 5.24. The zero-order valence-electron chi connectivity index (χ0n) is 3.79. The third-order valence-electron chi connectivity index (χ3n) is 0.775. The zero-order chi connectivity index (χ0) is 5.28. The van der Waals surface area contributed by atoms with Crippen molar-refractivity contribution in [2.75, 3.05) is 6.73 Å². The number of nitrogens with zero attached hydrogens (tertiary/aromatic N) is 1. The highest BCUT2D eigenvalue weighted by Gasteiger charge is 2.15. The van der Waals surface area contributed by atoms with Crippen LogP contribution in [0.2, 0.25) is 0 Å². The van der Waals surface area contributed by atoms with Crippen LogP contribution in [0.15, 0.2) is 0 Å². The first-order valence-corrected chi connectivity index (χ1v) is 1.95. The molecule has 5 heteroatoms. The zero-order valence-corrected chi connectivity index (χ0v) is 3.79. The molecular formula is C2H8N4O. The number of hydrogen-bond donors (Lipinski definition) is 3. The first kappa shape index (κ1) is 4.95. The lowest BCUT2D eigenvalue weighted by atomic mass is 10.9. The average molecular weight is 104 g/mol. The van der Waals surface area contributed by atoms with Crippen LogP contribution in [-0.2, 0) is 4.84 Å². The van der Waals surface area contributed by atoms with E-state index < -0.39 is 0 Å². The Hall–Kier alpha value is -0.200. The lowest BCUT2D eigenvalue weighted by Crippen LogP contribution is -2.47. The number of hydrogen-bond acceptors (Lipinski definition) is 5. The van der Waals surface area contributed by atoms with Gasteiger partial charge in [0.05, 0.1) is 0 Å². The molecule has 0 saturated carbocycles. The molecule has 1 aliphatic rings. The van der Waals surface area contributed by atoms with Gasteiger partial charge in [0.1, 0.15) is 13.0 Å². The SMILES string of the molecule is NC1NOCN1N. The van der Waals surface area contributed by atoms with Gasteiger partial charge >= 0.3 is 0 Å². The maximum absolute atomic E-state index is 5.24. The van der Waals surface area contributed by atoms with Gasteiger partial charge in [-0.2, -0.15) is 10.5 Å². The van der Waals surface area contributed by atoms with Gasteiger partial charge in [0.25, 0.3) is 0 Å². The van der Waals surface area contributed by atoms with Gasteiger partial charge in [-0.15, -0.1) is 0 Å². The quantitative estimate of drug-likeness (QED) is 0.307. The highest BCUT2D eigenvalue weighted by molar-refractivity contribution is 4.50. The average Bonchev–Trinajstić information content (AvgIpc) is 1.91. The Balaban J connectivity index is 2.33. The van der Waals surface area contributed by atoms with Gasteiger partial charge in [-0.1, -0.05) is 0 Å². The maximum Gasteiger partial charge on any atom is 0.149 e. The largest absolute Gasteiger partial charge is 0.301 e. The smallest absolute Gasteiger partial charge is 0.149 e. The minimum atomic E-state index is -0.347. The summed E-state index contributed by atoms with van der Waals surface area (Å²) in [6.45, 7) is 0.348. The van der Waals surface area contributed by atoms with E-state index in [2.05, 4.69) is 10.3 Å². The minimum absolute atomic E-state index is 0.347. The van der Waals surface area contributed by atoms with Crippen LogP contribution < -0.4 is 17.1 Å². The van der Waals surface area contributed by atoms with Crippen molar-refractivity contribution in [3.8, 4) is 0 Å². The third kappa shape index (κ3) is 0.872. The molecule has 5 N–H and O–H groups in total. The van der Waals surface area contributed by atoms with Crippen molar-refractivity contribution in [3.05, 3.63) is 0 Å². The topological polar surface area (TPSA) is 76.5 Å². The Kier molecular flexibility index (Phi) is 1.22. The molecule has 1 heterocycles. The predicted molar refractivity (Wildman–Crippen MR) is 23.1 cm³/mol. The molecule has 0 spiro atoms. The predicted octanol–water partition coefficient (Wildman–Crippen LogP) is -2.10. The van der Waals surface area contributed by atoms with E-state index in [0.29, 0.717) is 6.73 Å². The Labute approximate surface area is 41.1 Å². The normalized spacial score (nSPS) is 34.3. The van der Waals surface area contributed by atoms with E-state index in [1.165, 1.54) is 5.01 Å². The van der Waals surface area contributed by atoms with Gasteiger partial charge in [0.2, 0.25) is 0 Å². The standard InChI is InChI=1S/C2H8N4O/c3-2-5-7-1-6(2)4/h2,5H,1,3-4H2. The van der Waals surface area contributed by atoms with Crippen molar-refractivity contribution in [3.63, 3.8) is 0 Å². The fourth-order valence-electron chi connectivity index (χ4n) is 0.345. The van der Waals surface area contributed by atoms with Crippen molar-refractivity contribution < 1.29 is 4.84 Å². The summed E-state index contributed by atoms with van der Waals surface area (Å²) in [6.07, 6.45) is -0.347. The highest BCUT2D eigenvalue weighted by atomic mass is 16.7. The van der Waals surface area contributed by atoms with Crippen LogP contribution in [0.5, 0.6) is 0 Å². The third-order valence-corrected chi connectivity index (χ3v) is 0.775. The number of nitrogens with one attached hydrogen (secondary N) is 1. The molecule has 1 unspecified atom stereocenters. The molecule has 1 atom stereocenters. The summed E-state index contributed by atoms with van der Waals surface area (Å²) in [7, 11) is 0. The summed E-state index contributed by atoms with van der Waals surface area (Å²) >= 11 is 0. The monoisotopic (exact) mass is 104 g/mol. The van der Waals surface area contributed by atoms with E-state index in [1.807, 2.05) is 0 Å². The Bertz CT molecular complexity index is 58.7. The van der Waals surface area contributed by atoms with E-state index in [4.69, 9.17) is 11.6 Å².